The van der Waals surface area contributed by atoms with Crippen LogP contribution in [-0.4, -0.2) is 123 Å². The molecule has 0 spiro atoms. The van der Waals surface area contributed by atoms with E-state index in [2.05, 4.69) is 34.4 Å². The van der Waals surface area contributed by atoms with Crippen LogP contribution in [0.1, 0.15) is 39.8 Å². The van der Waals surface area contributed by atoms with E-state index in [1.165, 1.54) is 13.8 Å². The molecule has 2 amide bonds. The Morgan fingerprint density at radius 3 is 2.41 bits per heavy atom. The number of allylic oxidation sites excluding steroid dienone is 6. The lowest BCUT2D eigenvalue weighted by atomic mass is 9.87. The molecule has 324 valence electrons. The number of rotatable bonds is 23. The van der Waals surface area contributed by atoms with E-state index >= 15 is 0 Å². The average Bonchev–Trinajstić information content (AvgIpc) is 3.69. The molecule has 0 aromatic carbocycles. The SMILES string of the molecule is C/C=C/C=C/C=C/CC(=O)SCCNC(=O)CCNC(=O)C(O)C(C)(C)COP(=O)(O)OP(=O)(O)OCC1OC(n2cnc3c(N)ncnc32)C(O)C1OP(=O)(O)O. The summed E-state index contributed by atoms with van der Waals surface area (Å²) in [6.07, 6.45) is 4.07. The van der Waals surface area contributed by atoms with Gasteiger partial charge in [-0.15, -0.1) is 0 Å². The Kier molecular flexibility index (Phi) is 18.5. The second-order valence-corrected chi connectivity index (χ2v) is 18.2. The van der Waals surface area contributed by atoms with E-state index in [9.17, 15) is 57.9 Å². The van der Waals surface area contributed by atoms with Gasteiger partial charge in [0.25, 0.3) is 0 Å². The molecule has 1 aliphatic rings. The van der Waals surface area contributed by atoms with E-state index in [0.29, 0.717) is 5.75 Å². The van der Waals surface area contributed by atoms with Crippen LogP contribution in [0.15, 0.2) is 49.1 Å². The highest BCUT2D eigenvalue weighted by atomic mass is 32.2. The summed E-state index contributed by atoms with van der Waals surface area (Å²) in [7, 11) is -16.4. The van der Waals surface area contributed by atoms with Crippen LogP contribution in [0.5, 0.6) is 0 Å². The minimum absolute atomic E-state index is 0.0290. The largest absolute Gasteiger partial charge is 0.481 e. The van der Waals surface area contributed by atoms with Crippen molar-refractivity contribution < 1.29 is 80.5 Å². The fourth-order valence-electron chi connectivity index (χ4n) is 4.84. The molecule has 7 unspecified atom stereocenters. The summed E-state index contributed by atoms with van der Waals surface area (Å²) in [4.78, 5) is 87.6. The summed E-state index contributed by atoms with van der Waals surface area (Å²) < 4.78 is 62.1. The molecular weight excluding hydrogens is 855 g/mol. The number of nitrogen functional groups attached to an aromatic ring is 1. The number of nitrogens with two attached hydrogens (primary N) is 1. The standard InChI is InChI=1S/C30H46N7O17P3S/c1-4-5-6-7-8-9-10-21(39)58-14-13-32-20(38)11-12-33-28(42)25(41)30(2,3)16-51-57(48,49)54-56(46,47)50-15-19-24(53-55(43,44)45)23(40)29(52-19)37-18-36-22-26(31)34-17-35-27(22)37/h4-9,17-19,23-25,29,40-41H,10-16H2,1-3H3,(H,32,38)(H,33,42)(H,46,47)(H,48,49)(H2,31,34,35)(H2,43,44,45)/b5-4+,7-6+,9-8+. The number of amides is 2. The highest BCUT2D eigenvalue weighted by molar-refractivity contribution is 8.13. The molecule has 58 heavy (non-hydrogen) atoms. The fraction of sp³-hybridized carbons (Fsp3) is 0.533. The first-order chi connectivity index (χ1) is 27.1. The number of thioether (sulfide) groups is 1. The lowest BCUT2D eigenvalue weighted by Gasteiger charge is -2.30. The maximum atomic E-state index is 12.7. The van der Waals surface area contributed by atoms with Crippen LogP contribution in [0.4, 0.5) is 5.82 Å². The zero-order valence-electron chi connectivity index (χ0n) is 31.2. The van der Waals surface area contributed by atoms with Crippen molar-refractivity contribution in [3.8, 4) is 0 Å². The Labute approximate surface area is 335 Å². The van der Waals surface area contributed by atoms with Gasteiger partial charge in [0.05, 0.1) is 19.5 Å². The van der Waals surface area contributed by atoms with E-state index in [0.717, 1.165) is 29.0 Å². The molecule has 10 N–H and O–H groups in total. The third-order valence-corrected chi connectivity index (χ3v) is 11.7. The maximum Gasteiger partial charge on any atom is 0.481 e. The number of anilines is 1. The summed E-state index contributed by atoms with van der Waals surface area (Å²) in [6, 6.07) is 0. The van der Waals surface area contributed by atoms with Crippen molar-refractivity contribution in [1.29, 1.82) is 0 Å². The summed E-state index contributed by atoms with van der Waals surface area (Å²) in [5.41, 5.74) is 4.26. The normalized spacial score (nSPS) is 21.7. The van der Waals surface area contributed by atoms with E-state index in [4.69, 9.17) is 19.5 Å². The molecule has 0 bridgehead atoms. The molecule has 7 atom stereocenters. The number of carbonyl (C=O) groups is 3. The Morgan fingerprint density at radius 1 is 1.03 bits per heavy atom. The van der Waals surface area contributed by atoms with Gasteiger partial charge in [-0.1, -0.05) is 62.1 Å². The van der Waals surface area contributed by atoms with E-state index in [1.807, 2.05) is 25.2 Å². The molecule has 3 heterocycles. The van der Waals surface area contributed by atoms with Gasteiger partial charge in [-0.25, -0.2) is 28.6 Å². The first-order valence-corrected chi connectivity index (χ1v) is 22.6. The highest BCUT2D eigenvalue weighted by Gasteiger charge is 2.50. The second-order valence-electron chi connectivity index (χ2n) is 12.8. The average molecular weight is 902 g/mol. The molecule has 0 aliphatic carbocycles. The van der Waals surface area contributed by atoms with Crippen molar-refractivity contribution >= 4 is 69.1 Å². The second kappa shape index (κ2) is 21.9. The molecule has 28 heteroatoms. The number of nitrogens with zero attached hydrogens (tertiary/aromatic N) is 4. The predicted octanol–water partition coefficient (Wildman–Crippen LogP) is 0.743. The molecule has 0 saturated carbocycles. The molecule has 3 rings (SSSR count). The molecule has 0 radical (unpaired) electrons. The third-order valence-electron chi connectivity index (χ3n) is 7.71. The number of phosphoric ester groups is 3. The van der Waals surface area contributed by atoms with Crippen LogP contribution in [0, 0.1) is 5.41 Å². The smallest absolute Gasteiger partial charge is 0.386 e. The van der Waals surface area contributed by atoms with Gasteiger partial charge in [0, 0.05) is 37.1 Å². The van der Waals surface area contributed by atoms with Gasteiger partial charge in [-0.2, -0.15) is 4.31 Å². The van der Waals surface area contributed by atoms with Crippen molar-refractivity contribution in [1.82, 2.24) is 30.2 Å². The van der Waals surface area contributed by atoms with Gasteiger partial charge >= 0.3 is 23.5 Å². The Bertz CT molecular complexity index is 1980. The number of imidazole rings is 1. The third kappa shape index (κ3) is 15.8. The molecule has 1 fully saturated rings. The molecule has 2 aromatic heterocycles. The van der Waals surface area contributed by atoms with Crippen molar-refractivity contribution in [2.24, 2.45) is 5.41 Å². The number of aliphatic hydroxyl groups excluding tert-OH is 2. The van der Waals surface area contributed by atoms with Crippen LogP contribution in [-0.2, 0) is 50.7 Å². The van der Waals surface area contributed by atoms with E-state index < -0.39 is 84.6 Å². The number of aromatic nitrogens is 4. The lowest BCUT2D eigenvalue weighted by molar-refractivity contribution is -0.137. The minimum Gasteiger partial charge on any atom is -0.386 e. The zero-order valence-corrected chi connectivity index (χ0v) is 34.7. The maximum absolute atomic E-state index is 12.7. The van der Waals surface area contributed by atoms with Gasteiger partial charge in [0.2, 0.25) is 11.8 Å². The lowest BCUT2D eigenvalue weighted by Crippen LogP contribution is -2.46. The van der Waals surface area contributed by atoms with Gasteiger partial charge in [0.1, 0.15) is 36.3 Å². The summed E-state index contributed by atoms with van der Waals surface area (Å²) in [5.74, 6) is -1.14. The van der Waals surface area contributed by atoms with Crippen LogP contribution in [0.3, 0.4) is 0 Å². The van der Waals surface area contributed by atoms with Crippen molar-refractivity contribution in [3.63, 3.8) is 0 Å². The molecular formula is C30H46N7O17P3S. The number of carbonyl (C=O) groups excluding carboxylic acids is 3. The Balaban J connectivity index is 1.45. The summed E-state index contributed by atoms with van der Waals surface area (Å²) in [6.45, 7) is 2.34. The van der Waals surface area contributed by atoms with Crippen LogP contribution >= 0.6 is 35.2 Å². The number of hydrogen-bond acceptors (Lipinski definition) is 18. The molecule has 24 nitrogen and oxygen atoms in total. The van der Waals surface area contributed by atoms with Crippen molar-refractivity contribution in [2.75, 3.05) is 37.8 Å². The first-order valence-electron chi connectivity index (χ1n) is 17.0. The molecule has 1 saturated heterocycles. The fourth-order valence-corrected chi connectivity index (χ4v) is 8.31. The molecule has 2 aromatic rings. The number of hydrogen-bond donors (Lipinski definition) is 9. The van der Waals surface area contributed by atoms with Crippen molar-refractivity contribution in [2.45, 2.75) is 64.3 Å². The van der Waals surface area contributed by atoms with Gasteiger partial charge in [-0.3, -0.25) is 32.5 Å². The quantitative estimate of drug-likeness (QED) is 0.0422. The first kappa shape index (κ1) is 49.1. The van der Waals surface area contributed by atoms with Crippen LogP contribution < -0.4 is 16.4 Å². The van der Waals surface area contributed by atoms with Gasteiger partial charge < -0.3 is 50.9 Å². The Hall–Kier alpha value is -3.22. The highest BCUT2D eigenvalue weighted by Crippen LogP contribution is 2.61. The Morgan fingerprint density at radius 2 is 1.72 bits per heavy atom. The number of phosphoric acid groups is 3. The van der Waals surface area contributed by atoms with Gasteiger partial charge in [-0.05, 0) is 6.92 Å². The summed E-state index contributed by atoms with van der Waals surface area (Å²) >= 11 is 1.05. The number of ether oxygens (including phenoxy) is 1. The molecule has 1 aliphatic heterocycles. The van der Waals surface area contributed by atoms with Gasteiger partial charge in [0.15, 0.2) is 22.8 Å². The van der Waals surface area contributed by atoms with E-state index in [1.54, 1.807) is 18.2 Å². The summed E-state index contributed by atoms with van der Waals surface area (Å²) in [5, 5.41) is 26.3. The zero-order chi connectivity index (χ0) is 43.3. The number of aliphatic hydroxyl groups is 2. The minimum atomic E-state index is -5.57. The van der Waals surface area contributed by atoms with E-state index in [-0.39, 0.29) is 48.0 Å². The van der Waals surface area contributed by atoms with Crippen LogP contribution in [0.25, 0.3) is 11.2 Å². The topological polar surface area (TPSA) is 364 Å². The number of nitrogens with one attached hydrogen (secondary N) is 2. The predicted molar refractivity (Wildman–Crippen MR) is 205 cm³/mol. The van der Waals surface area contributed by atoms with Crippen molar-refractivity contribution in [3.05, 3.63) is 49.1 Å². The monoisotopic (exact) mass is 901 g/mol. The van der Waals surface area contributed by atoms with Crippen LogP contribution in [0.2, 0.25) is 0 Å². The number of fused-ring (bicyclic) bond motifs is 1.